The number of hydrogen-bond acceptors (Lipinski definition) is 4. The highest BCUT2D eigenvalue weighted by Gasteiger charge is 2.09. The summed E-state index contributed by atoms with van der Waals surface area (Å²) in [7, 11) is 1.90. The maximum absolute atomic E-state index is 12.0. The average molecular weight is 338 g/mol. The average Bonchev–Trinajstić information content (AvgIpc) is 2.75. The van der Waals surface area contributed by atoms with Crippen molar-refractivity contribution in [2.45, 2.75) is 20.0 Å². The lowest BCUT2D eigenvalue weighted by molar-refractivity contribution is 0.649. The second kappa shape index (κ2) is 6.04. The molecule has 2 heterocycles. The highest BCUT2D eigenvalue weighted by Crippen LogP contribution is 2.17. The lowest BCUT2D eigenvalue weighted by atomic mass is 10.2. The van der Waals surface area contributed by atoms with Gasteiger partial charge in [0, 0.05) is 24.8 Å². The zero-order valence-corrected chi connectivity index (χ0v) is 13.0. The Balaban J connectivity index is 2.18. The van der Waals surface area contributed by atoms with Crippen LogP contribution in [-0.2, 0) is 20.1 Å². The number of rotatable bonds is 5. The lowest BCUT2D eigenvalue weighted by Crippen LogP contribution is -2.23. The molecule has 2 aromatic heterocycles. The molecule has 0 atom stereocenters. The number of aryl methyl sites for hydroxylation is 1. The molecule has 0 radical (unpaired) electrons. The molecule has 0 unspecified atom stereocenters. The number of aromatic nitrogens is 4. The molecule has 2 aromatic rings. The predicted octanol–water partition coefficient (Wildman–Crippen LogP) is 1.85. The maximum atomic E-state index is 12.0. The largest absolute Gasteiger partial charge is 0.378 e. The van der Waals surface area contributed by atoms with E-state index >= 15 is 0 Å². The second-order valence-electron chi connectivity index (χ2n) is 4.38. The molecule has 2 rings (SSSR count). The van der Waals surface area contributed by atoms with Crippen molar-refractivity contribution in [1.29, 1.82) is 0 Å². The topological polar surface area (TPSA) is 64.7 Å². The summed E-state index contributed by atoms with van der Waals surface area (Å²) < 4.78 is 3.63. The van der Waals surface area contributed by atoms with E-state index in [1.54, 1.807) is 12.3 Å². The van der Waals surface area contributed by atoms with Gasteiger partial charge in [0.05, 0.1) is 24.6 Å². The van der Waals surface area contributed by atoms with Crippen LogP contribution in [-0.4, -0.2) is 19.6 Å². The van der Waals surface area contributed by atoms with Crippen molar-refractivity contribution < 1.29 is 0 Å². The van der Waals surface area contributed by atoms with Gasteiger partial charge in [-0.25, -0.2) is 4.68 Å². The van der Waals surface area contributed by atoms with Crippen LogP contribution in [0.5, 0.6) is 0 Å². The minimum absolute atomic E-state index is 0.183. The Bertz CT molecular complexity index is 689. The molecule has 0 saturated heterocycles. The quantitative estimate of drug-likeness (QED) is 0.845. The third-order valence-corrected chi connectivity index (χ3v) is 3.86. The Labute approximate surface area is 125 Å². The molecule has 0 saturated carbocycles. The van der Waals surface area contributed by atoms with Gasteiger partial charge in [0.2, 0.25) is 0 Å². The van der Waals surface area contributed by atoms with Gasteiger partial charge in [0.15, 0.2) is 0 Å². The molecule has 106 valence electrons. The van der Waals surface area contributed by atoms with Crippen LogP contribution >= 0.6 is 15.9 Å². The van der Waals surface area contributed by atoms with Gasteiger partial charge in [-0.2, -0.15) is 10.2 Å². The molecule has 1 N–H and O–H groups in total. The monoisotopic (exact) mass is 337 g/mol. The summed E-state index contributed by atoms with van der Waals surface area (Å²) in [5, 5.41) is 11.5. The third kappa shape index (κ3) is 2.82. The summed E-state index contributed by atoms with van der Waals surface area (Å²) in [6.07, 6.45) is 5.07. The second-order valence-corrected chi connectivity index (χ2v) is 5.17. The van der Waals surface area contributed by atoms with Crippen LogP contribution in [0.4, 0.5) is 5.69 Å². The highest BCUT2D eigenvalue weighted by molar-refractivity contribution is 9.10. The summed E-state index contributed by atoms with van der Waals surface area (Å²) in [6.45, 7) is 6.57. The molecule has 20 heavy (non-hydrogen) atoms. The van der Waals surface area contributed by atoms with Crippen LogP contribution in [0.25, 0.3) is 0 Å². The lowest BCUT2D eigenvalue weighted by Gasteiger charge is -2.09. The summed E-state index contributed by atoms with van der Waals surface area (Å²) in [5.74, 6) is 0. The number of halogens is 1. The highest BCUT2D eigenvalue weighted by atomic mass is 79.9. The van der Waals surface area contributed by atoms with Gasteiger partial charge in [-0.15, -0.1) is 6.58 Å². The molecular formula is C13H16BrN5O. The number of nitrogens with zero attached hydrogens (tertiary/aromatic N) is 4. The van der Waals surface area contributed by atoms with Gasteiger partial charge >= 0.3 is 0 Å². The molecule has 0 aliphatic rings. The Morgan fingerprint density at radius 2 is 2.20 bits per heavy atom. The fourth-order valence-electron chi connectivity index (χ4n) is 1.75. The first-order valence-corrected chi connectivity index (χ1v) is 6.91. The fourth-order valence-corrected chi connectivity index (χ4v) is 2.20. The zero-order valence-electron chi connectivity index (χ0n) is 11.4. The molecule has 0 bridgehead atoms. The van der Waals surface area contributed by atoms with Crippen molar-refractivity contribution in [2.24, 2.45) is 7.05 Å². The Kier molecular flexibility index (Phi) is 4.39. The van der Waals surface area contributed by atoms with Gasteiger partial charge in [0.25, 0.3) is 5.56 Å². The van der Waals surface area contributed by atoms with Gasteiger partial charge in [0.1, 0.15) is 4.47 Å². The van der Waals surface area contributed by atoms with Crippen LogP contribution in [0.15, 0.2) is 34.3 Å². The third-order valence-electron chi connectivity index (χ3n) is 3.09. The molecule has 0 aromatic carbocycles. The van der Waals surface area contributed by atoms with E-state index in [0.717, 1.165) is 11.3 Å². The van der Waals surface area contributed by atoms with Gasteiger partial charge in [-0.1, -0.05) is 6.08 Å². The van der Waals surface area contributed by atoms with Crippen LogP contribution < -0.4 is 10.9 Å². The van der Waals surface area contributed by atoms with E-state index in [0.29, 0.717) is 23.2 Å². The van der Waals surface area contributed by atoms with Crippen molar-refractivity contribution >= 4 is 21.6 Å². The smallest absolute Gasteiger partial charge is 0.283 e. The first-order valence-electron chi connectivity index (χ1n) is 6.12. The SMILES string of the molecule is C=CCn1ncc(NCc2cnn(C)c2C)c(Br)c1=O. The molecule has 0 fully saturated rings. The fraction of sp³-hybridized carbons (Fsp3) is 0.308. The van der Waals surface area contributed by atoms with Crippen molar-refractivity contribution in [3.05, 3.63) is 51.1 Å². The van der Waals surface area contributed by atoms with Crippen molar-refractivity contribution in [2.75, 3.05) is 5.32 Å². The minimum atomic E-state index is -0.183. The normalized spacial score (nSPS) is 10.6. The molecule has 6 nitrogen and oxygen atoms in total. The zero-order chi connectivity index (χ0) is 14.7. The van der Waals surface area contributed by atoms with Gasteiger partial charge in [-0.05, 0) is 22.9 Å². The van der Waals surface area contributed by atoms with E-state index in [2.05, 4.69) is 38.0 Å². The van der Waals surface area contributed by atoms with E-state index in [-0.39, 0.29) is 5.56 Å². The Hall–Kier alpha value is -1.89. The van der Waals surface area contributed by atoms with Crippen molar-refractivity contribution in [3.63, 3.8) is 0 Å². The number of allylic oxidation sites excluding steroid dienone is 1. The predicted molar refractivity (Wildman–Crippen MR) is 81.7 cm³/mol. The van der Waals surface area contributed by atoms with E-state index < -0.39 is 0 Å². The van der Waals surface area contributed by atoms with Crippen LogP contribution in [0.3, 0.4) is 0 Å². The Morgan fingerprint density at radius 3 is 2.80 bits per heavy atom. The van der Waals surface area contributed by atoms with Crippen molar-refractivity contribution in [1.82, 2.24) is 19.6 Å². The summed E-state index contributed by atoms with van der Waals surface area (Å²) in [5.41, 5.74) is 2.65. The molecule has 0 aliphatic carbocycles. The summed E-state index contributed by atoms with van der Waals surface area (Å²) >= 11 is 3.31. The summed E-state index contributed by atoms with van der Waals surface area (Å²) in [6, 6.07) is 0. The van der Waals surface area contributed by atoms with E-state index in [1.807, 2.05) is 24.9 Å². The number of nitrogens with one attached hydrogen (secondary N) is 1. The number of anilines is 1. The first-order chi connectivity index (χ1) is 9.54. The molecule has 0 amide bonds. The van der Waals surface area contributed by atoms with Crippen LogP contribution in [0.1, 0.15) is 11.3 Å². The molecule has 0 spiro atoms. The maximum Gasteiger partial charge on any atom is 0.283 e. The standard InChI is InChI=1S/C13H16BrN5O/c1-4-5-19-13(20)12(14)11(8-17-19)15-6-10-7-16-18(3)9(10)2/h4,7-8,15H,1,5-6H2,2-3H3. The van der Waals surface area contributed by atoms with E-state index in [4.69, 9.17) is 0 Å². The van der Waals surface area contributed by atoms with Gasteiger partial charge in [-0.3, -0.25) is 9.48 Å². The van der Waals surface area contributed by atoms with Crippen LogP contribution in [0.2, 0.25) is 0 Å². The Morgan fingerprint density at radius 1 is 1.45 bits per heavy atom. The first kappa shape index (κ1) is 14.5. The van der Waals surface area contributed by atoms with E-state index in [9.17, 15) is 4.79 Å². The van der Waals surface area contributed by atoms with Crippen molar-refractivity contribution in [3.8, 4) is 0 Å². The molecule has 7 heteroatoms. The molecule has 0 aliphatic heterocycles. The van der Waals surface area contributed by atoms with Gasteiger partial charge < -0.3 is 5.32 Å². The minimum Gasteiger partial charge on any atom is -0.378 e. The van der Waals surface area contributed by atoms with Crippen LogP contribution in [0, 0.1) is 6.92 Å². The molecular weight excluding hydrogens is 322 g/mol. The number of hydrogen-bond donors (Lipinski definition) is 1. The van der Waals surface area contributed by atoms with E-state index in [1.165, 1.54) is 4.68 Å². The summed E-state index contributed by atoms with van der Waals surface area (Å²) in [4.78, 5) is 12.0.